The lowest BCUT2D eigenvalue weighted by Crippen LogP contribution is -2.24. The van der Waals surface area contributed by atoms with Gasteiger partial charge in [0.1, 0.15) is 0 Å². The van der Waals surface area contributed by atoms with Crippen LogP contribution in [-0.4, -0.2) is 17.8 Å². The predicted octanol–water partition coefficient (Wildman–Crippen LogP) is 2.53. The van der Waals surface area contributed by atoms with E-state index in [0.29, 0.717) is 11.3 Å². The molecule has 0 aliphatic carbocycles. The van der Waals surface area contributed by atoms with Gasteiger partial charge in [-0.3, -0.25) is 9.59 Å². The minimum absolute atomic E-state index is 0.178. The second kappa shape index (κ2) is 9.52. The van der Waals surface area contributed by atoms with Crippen LogP contribution in [0.15, 0.2) is 42.5 Å². The van der Waals surface area contributed by atoms with Crippen LogP contribution in [-0.2, 0) is 22.4 Å². The Labute approximate surface area is 158 Å². The molecule has 0 aliphatic rings. The Hall–Kier alpha value is -3.15. The van der Waals surface area contributed by atoms with Gasteiger partial charge in [-0.25, -0.2) is 0 Å². The normalized spacial score (nSPS) is 10.3. The van der Waals surface area contributed by atoms with Crippen LogP contribution in [0.2, 0.25) is 0 Å². The Balaban J connectivity index is 2.14. The standard InChI is InChI=1S/C21H24N2O4/c1-3-14-7-5-8-15(4-2)20(14)23-21(27)16-9-6-10-17(13-16)22-18(24)11-12-19(25)26/h5-10,13H,3-4,11-12H2,1-2H3,(H,22,24)(H,23,27)(H,25,26)/p-1. The molecular weight excluding hydrogens is 344 g/mol. The average Bonchev–Trinajstić information content (AvgIpc) is 2.66. The van der Waals surface area contributed by atoms with Crippen LogP contribution in [0.4, 0.5) is 11.4 Å². The van der Waals surface area contributed by atoms with E-state index in [0.717, 1.165) is 29.7 Å². The number of aryl methyl sites for hydroxylation is 2. The van der Waals surface area contributed by atoms with Crippen molar-refractivity contribution >= 4 is 29.2 Å². The fraction of sp³-hybridized carbons (Fsp3) is 0.286. The molecule has 0 saturated carbocycles. The van der Waals surface area contributed by atoms with E-state index >= 15 is 0 Å². The minimum atomic E-state index is -1.28. The molecule has 0 aliphatic heterocycles. The van der Waals surface area contributed by atoms with Gasteiger partial charge in [0.05, 0.1) is 0 Å². The molecule has 0 atom stereocenters. The number of nitrogens with one attached hydrogen (secondary N) is 2. The van der Waals surface area contributed by atoms with E-state index < -0.39 is 11.9 Å². The molecule has 2 amide bonds. The lowest BCUT2D eigenvalue weighted by atomic mass is 10.0. The summed E-state index contributed by atoms with van der Waals surface area (Å²) in [4.78, 5) is 34.9. The molecule has 6 heteroatoms. The number of carboxylic acid groups (broad SMARTS) is 1. The maximum atomic E-state index is 12.7. The summed E-state index contributed by atoms with van der Waals surface area (Å²) in [6.07, 6.45) is 1.08. The molecule has 2 N–H and O–H groups in total. The summed E-state index contributed by atoms with van der Waals surface area (Å²) in [5.74, 6) is -1.99. The fourth-order valence-electron chi connectivity index (χ4n) is 2.77. The number of anilines is 2. The van der Waals surface area contributed by atoms with Crippen molar-refractivity contribution in [3.63, 3.8) is 0 Å². The monoisotopic (exact) mass is 367 g/mol. The third kappa shape index (κ3) is 5.67. The Kier molecular flexibility index (Phi) is 7.11. The van der Waals surface area contributed by atoms with E-state index in [1.165, 1.54) is 0 Å². The molecule has 0 radical (unpaired) electrons. The minimum Gasteiger partial charge on any atom is -0.550 e. The second-order valence-electron chi connectivity index (χ2n) is 6.11. The van der Waals surface area contributed by atoms with Crippen molar-refractivity contribution in [1.82, 2.24) is 0 Å². The number of rotatable bonds is 8. The van der Waals surface area contributed by atoms with Crippen LogP contribution >= 0.6 is 0 Å². The number of hydrogen-bond acceptors (Lipinski definition) is 4. The fourth-order valence-corrected chi connectivity index (χ4v) is 2.77. The van der Waals surface area contributed by atoms with Gasteiger partial charge in [0, 0.05) is 29.3 Å². The van der Waals surface area contributed by atoms with Gasteiger partial charge >= 0.3 is 0 Å². The predicted molar refractivity (Wildman–Crippen MR) is 102 cm³/mol. The van der Waals surface area contributed by atoms with E-state index in [9.17, 15) is 19.5 Å². The number of carbonyl (C=O) groups is 3. The molecule has 0 unspecified atom stereocenters. The topological polar surface area (TPSA) is 98.3 Å². The summed E-state index contributed by atoms with van der Waals surface area (Å²) in [6.45, 7) is 4.07. The third-order valence-electron chi connectivity index (χ3n) is 4.20. The molecular formula is C21H23N2O4-. The smallest absolute Gasteiger partial charge is 0.255 e. The zero-order valence-corrected chi connectivity index (χ0v) is 15.5. The first-order valence-electron chi connectivity index (χ1n) is 8.96. The van der Waals surface area contributed by atoms with Gasteiger partial charge in [-0.2, -0.15) is 0 Å². The van der Waals surface area contributed by atoms with Gasteiger partial charge in [0.15, 0.2) is 0 Å². The molecule has 6 nitrogen and oxygen atoms in total. The summed E-state index contributed by atoms with van der Waals surface area (Å²) < 4.78 is 0. The summed E-state index contributed by atoms with van der Waals surface area (Å²) in [5, 5.41) is 16.0. The van der Waals surface area contributed by atoms with Crippen LogP contribution < -0.4 is 15.7 Å². The highest BCUT2D eigenvalue weighted by Gasteiger charge is 2.13. The van der Waals surface area contributed by atoms with E-state index in [-0.39, 0.29) is 18.7 Å². The lowest BCUT2D eigenvalue weighted by Gasteiger charge is -2.15. The molecule has 2 aromatic rings. The summed E-state index contributed by atoms with van der Waals surface area (Å²) in [7, 11) is 0. The average molecular weight is 367 g/mol. The number of aliphatic carboxylic acids is 1. The number of benzene rings is 2. The molecule has 0 spiro atoms. The van der Waals surface area contributed by atoms with Crippen molar-refractivity contribution in [2.75, 3.05) is 10.6 Å². The van der Waals surface area contributed by atoms with Crippen LogP contribution in [0.1, 0.15) is 48.2 Å². The first kappa shape index (κ1) is 20.2. The Morgan fingerprint density at radius 1 is 0.889 bits per heavy atom. The number of amides is 2. The van der Waals surface area contributed by atoms with Gasteiger partial charge in [0.2, 0.25) is 5.91 Å². The van der Waals surface area contributed by atoms with Crippen molar-refractivity contribution < 1.29 is 19.5 Å². The molecule has 2 rings (SSSR count). The van der Waals surface area contributed by atoms with E-state index in [1.807, 2.05) is 32.0 Å². The van der Waals surface area contributed by atoms with Crippen molar-refractivity contribution in [3.8, 4) is 0 Å². The summed E-state index contributed by atoms with van der Waals surface area (Å²) >= 11 is 0. The van der Waals surface area contributed by atoms with Crippen molar-refractivity contribution in [2.24, 2.45) is 0 Å². The summed E-state index contributed by atoms with van der Waals surface area (Å²) in [5.41, 5.74) is 3.80. The third-order valence-corrected chi connectivity index (χ3v) is 4.20. The van der Waals surface area contributed by atoms with Gasteiger partial charge in [0.25, 0.3) is 5.91 Å². The van der Waals surface area contributed by atoms with Crippen molar-refractivity contribution in [2.45, 2.75) is 39.5 Å². The quantitative estimate of drug-likeness (QED) is 0.749. The maximum Gasteiger partial charge on any atom is 0.255 e. The molecule has 0 fully saturated rings. The van der Waals surface area contributed by atoms with Crippen molar-refractivity contribution in [1.29, 1.82) is 0 Å². The van der Waals surface area contributed by atoms with Crippen LogP contribution in [0, 0.1) is 0 Å². The Morgan fingerprint density at radius 2 is 1.52 bits per heavy atom. The van der Waals surface area contributed by atoms with Gasteiger partial charge in [-0.15, -0.1) is 0 Å². The first-order chi connectivity index (χ1) is 12.9. The SMILES string of the molecule is CCc1cccc(CC)c1NC(=O)c1cccc(NC(=O)CCC(=O)[O-])c1. The highest BCUT2D eigenvalue weighted by atomic mass is 16.4. The van der Waals surface area contributed by atoms with E-state index in [2.05, 4.69) is 10.6 Å². The second-order valence-corrected chi connectivity index (χ2v) is 6.11. The van der Waals surface area contributed by atoms with Crippen LogP contribution in [0.3, 0.4) is 0 Å². The molecule has 142 valence electrons. The molecule has 0 heterocycles. The number of carboxylic acids is 1. The number of carbonyl (C=O) groups excluding carboxylic acids is 3. The molecule has 0 aromatic heterocycles. The van der Waals surface area contributed by atoms with E-state index in [1.54, 1.807) is 24.3 Å². The van der Waals surface area contributed by atoms with Gasteiger partial charge in [-0.1, -0.05) is 38.1 Å². The zero-order chi connectivity index (χ0) is 19.8. The van der Waals surface area contributed by atoms with E-state index in [4.69, 9.17) is 0 Å². The molecule has 0 saturated heterocycles. The van der Waals surface area contributed by atoms with Gasteiger partial charge in [-0.05, 0) is 48.6 Å². The highest BCUT2D eigenvalue weighted by molar-refractivity contribution is 6.06. The maximum absolute atomic E-state index is 12.7. The first-order valence-corrected chi connectivity index (χ1v) is 8.96. The van der Waals surface area contributed by atoms with Crippen LogP contribution in [0.25, 0.3) is 0 Å². The summed E-state index contributed by atoms with van der Waals surface area (Å²) in [6, 6.07) is 12.5. The molecule has 2 aromatic carbocycles. The largest absolute Gasteiger partial charge is 0.550 e. The van der Waals surface area contributed by atoms with Gasteiger partial charge < -0.3 is 20.5 Å². The molecule has 0 bridgehead atoms. The van der Waals surface area contributed by atoms with Crippen molar-refractivity contribution in [3.05, 3.63) is 59.2 Å². The Bertz CT molecular complexity index is 824. The number of para-hydroxylation sites is 1. The lowest BCUT2D eigenvalue weighted by molar-refractivity contribution is -0.305. The zero-order valence-electron chi connectivity index (χ0n) is 15.5. The number of hydrogen-bond donors (Lipinski definition) is 2. The molecule has 27 heavy (non-hydrogen) atoms. The highest BCUT2D eigenvalue weighted by Crippen LogP contribution is 2.23. The van der Waals surface area contributed by atoms with Crippen LogP contribution in [0.5, 0.6) is 0 Å². The Morgan fingerprint density at radius 3 is 2.11 bits per heavy atom.